The first-order chi connectivity index (χ1) is 13.5. The number of likely N-dealkylation sites (N-methyl/N-ethyl adjacent to an activating group) is 1. The quantitative estimate of drug-likeness (QED) is 0.711. The summed E-state index contributed by atoms with van der Waals surface area (Å²) in [6.45, 7) is 6.16. The number of benzene rings is 1. The Bertz CT molecular complexity index is 756. The van der Waals surface area contributed by atoms with Crippen molar-refractivity contribution in [1.82, 2.24) is 20.4 Å². The molecule has 1 aromatic carbocycles. The zero-order valence-electron chi connectivity index (χ0n) is 16.7. The van der Waals surface area contributed by atoms with Crippen LogP contribution in [0.25, 0.3) is 0 Å². The van der Waals surface area contributed by atoms with E-state index in [0.717, 1.165) is 31.7 Å². The fourth-order valence-corrected chi connectivity index (χ4v) is 3.56. The van der Waals surface area contributed by atoms with Crippen molar-refractivity contribution in [2.24, 2.45) is 0 Å². The minimum atomic E-state index is -0.633. The van der Waals surface area contributed by atoms with Gasteiger partial charge in [-0.25, -0.2) is 9.59 Å². The fraction of sp³-hybridized carbons (Fsp3) is 0.500. The van der Waals surface area contributed by atoms with Crippen molar-refractivity contribution in [3.05, 3.63) is 41.1 Å². The Hall–Kier alpha value is -2.58. The third-order valence-electron chi connectivity index (χ3n) is 5.08. The largest absolute Gasteiger partial charge is 0.496 e. The van der Waals surface area contributed by atoms with Crippen LogP contribution in [0.2, 0.25) is 0 Å². The SMILES string of the molecule is CCOC(=O)C1=C(CN2CCN(C)CC2)NC(=O)N[C@H]1c1ccccc1OC. The summed E-state index contributed by atoms with van der Waals surface area (Å²) in [6, 6.07) is 6.40. The smallest absolute Gasteiger partial charge is 0.338 e. The summed E-state index contributed by atoms with van der Waals surface area (Å²) in [6.07, 6.45) is 0. The molecule has 0 radical (unpaired) electrons. The summed E-state index contributed by atoms with van der Waals surface area (Å²) >= 11 is 0. The minimum Gasteiger partial charge on any atom is -0.496 e. The van der Waals surface area contributed by atoms with Crippen LogP contribution in [0, 0.1) is 0 Å². The van der Waals surface area contributed by atoms with E-state index in [1.807, 2.05) is 24.3 Å². The average molecular weight is 388 g/mol. The number of para-hydroxylation sites is 1. The average Bonchev–Trinajstić information content (AvgIpc) is 2.69. The van der Waals surface area contributed by atoms with Gasteiger partial charge < -0.3 is 25.0 Å². The Morgan fingerprint density at radius 2 is 1.93 bits per heavy atom. The fourth-order valence-electron chi connectivity index (χ4n) is 3.56. The summed E-state index contributed by atoms with van der Waals surface area (Å²) < 4.78 is 10.8. The van der Waals surface area contributed by atoms with E-state index in [0.29, 0.717) is 23.6 Å². The highest BCUT2D eigenvalue weighted by atomic mass is 16.5. The Balaban J connectivity index is 1.99. The van der Waals surface area contributed by atoms with Gasteiger partial charge in [-0.3, -0.25) is 4.90 Å². The molecular formula is C20H28N4O4. The maximum Gasteiger partial charge on any atom is 0.338 e. The van der Waals surface area contributed by atoms with E-state index in [1.54, 1.807) is 14.0 Å². The summed E-state index contributed by atoms with van der Waals surface area (Å²) in [5.41, 5.74) is 1.73. The van der Waals surface area contributed by atoms with Gasteiger partial charge in [-0.05, 0) is 20.0 Å². The van der Waals surface area contributed by atoms with Crippen molar-refractivity contribution in [1.29, 1.82) is 0 Å². The first kappa shape index (κ1) is 20.2. The third kappa shape index (κ3) is 4.45. The number of methoxy groups -OCH3 is 1. The molecule has 2 heterocycles. The number of amides is 2. The molecule has 0 saturated carbocycles. The lowest BCUT2D eigenvalue weighted by molar-refractivity contribution is -0.139. The van der Waals surface area contributed by atoms with E-state index in [-0.39, 0.29) is 12.6 Å². The topological polar surface area (TPSA) is 83.1 Å². The lowest BCUT2D eigenvalue weighted by Gasteiger charge is -2.35. The van der Waals surface area contributed by atoms with Gasteiger partial charge in [0.2, 0.25) is 0 Å². The van der Waals surface area contributed by atoms with Crippen LogP contribution in [0.3, 0.4) is 0 Å². The van der Waals surface area contributed by atoms with Crippen LogP contribution in [0.1, 0.15) is 18.5 Å². The molecule has 1 atom stereocenters. The van der Waals surface area contributed by atoms with E-state index in [4.69, 9.17) is 9.47 Å². The van der Waals surface area contributed by atoms with Crippen molar-refractivity contribution in [2.75, 3.05) is 53.5 Å². The molecule has 0 spiro atoms. The van der Waals surface area contributed by atoms with E-state index >= 15 is 0 Å². The second-order valence-electron chi connectivity index (χ2n) is 6.97. The van der Waals surface area contributed by atoms with Crippen LogP contribution in [0.15, 0.2) is 35.5 Å². The maximum atomic E-state index is 12.9. The number of hydrogen-bond acceptors (Lipinski definition) is 6. The van der Waals surface area contributed by atoms with Crippen molar-refractivity contribution in [2.45, 2.75) is 13.0 Å². The molecule has 0 aromatic heterocycles. The lowest BCUT2D eigenvalue weighted by atomic mass is 9.94. The molecule has 0 unspecified atom stereocenters. The second-order valence-corrected chi connectivity index (χ2v) is 6.97. The molecule has 1 fully saturated rings. The molecule has 2 aliphatic heterocycles. The third-order valence-corrected chi connectivity index (χ3v) is 5.08. The number of nitrogens with zero attached hydrogens (tertiary/aromatic N) is 2. The molecule has 8 nitrogen and oxygen atoms in total. The Kier molecular flexibility index (Phi) is 6.53. The number of rotatable bonds is 6. The minimum absolute atomic E-state index is 0.261. The van der Waals surface area contributed by atoms with Crippen LogP contribution in [-0.2, 0) is 9.53 Å². The molecular weight excluding hydrogens is 360 g/mol. The van der Waals surface area contributed by atoms with Crippen molar-refractivity contribution in [3.8, 4) is 5.75 Å². The van der Waals surface area contributed by atoms with Gasteiger partial charge >= 0.3 is 12.0 Å². The summed E-state index contributed by atoms with van der Waals surface area (Å²) in [5.74, 6) is 0.172. The zero-order valence-corrected chi connectivity index (χ0v) is 16.7. The Morgan fingerprint density at radius 1 is 1.21 bits per heavy atom. The number of ether oxygens (including phenoxy) is 2. The molecule has 2 N–H and O–H groups in total. The van der Waals surface area contributed by atoms with Crippen molar-refractivity contribution < 1.29 is 19.1 Å². The molecule has 1 aromatic rings. The van der Waals surface area contributed by atoms with Gasteiger partial charge in [0.05, 0.1) is 25.3 Å². The number of urea groups is 1. The van der Waals surface area contributed by atoms with E-state index < -0.39 is 12.0 Å². The van der Waals surface area contributed by atoms with Crippen molar-refractivity contribution in [3.63, 3.8) is 0 Å². The Morgan fingerprint density at radius 3 is 2.61 bits per heavy atom. The van der Waals surface area contributed by atoms with Gasteiger partial charge in [0, 0.05) is 44.0 Å². The molecule has 28 heavy (non-hydrogen) atoms. The number of hydrogen-bond donors (Lipinski definition) is 2. The maximum absolute atomic E-state index is 12.9. The van der Waals surface area contributed by atoms with Gasteiger partial charge in [-0.1, -0.05) is 18.2 Å². The summed E-state index contributed by atoms with van der Waals surface area (Å²) in [4.78, 5) is 29.7. The number of carbonyl (C=O) groups excluding carboxylic acids is 2. The van der Waals surface area contributed by atoms with Crippen molar-refractivity contribution >= 4 is 12.0 Å². The Labute approximate surface area is 165 Å². The standard InChI is InChI=1S/C20H28N4O4/c1-4-28-19(25)17-15(13-24-11-9-23(2)10-12-24)21-20(26)22-18(17)14-7-5-6-8-16(14)27-3/h5-8,18H,4,9-13H2,1-3H3,(H2,21,22,26)/t18-/m0/s1. The molecule has 152 valence electrons. The van der Waals surface area contributed by atoms with Crippen LogP contribution >= 0.6 is 0 Å². The number of nitrogens with one attached hydrogen (secondary N) is 2. The normalized spacial score (nSPS) is 21.1. The van der Waals surface area contributed by atoms with Crippen LogP contribution in [0.4, 0.5) is 4.79 Å². The first-order valence-corrected chi connectivity index (χ1v) is 9.55. The first-order valence-electron chi connectivity index (χ1n) is 9.55. The molecule has 3 rings (SSSR count). The van der Waals surface area contributed by atoms with Gasteiger partial charge in [0.1, 0.15) is 5.75 Å². The molecule has 0 bridgehead atoms. The van der Waals surface area contributed by atoms with Gasteiger partial charge in [-0.2, -0.15) is 0 Å². The number of piperazine rings is 1. The number of esters is 1. The van der Waals surface area contributed by atoms with E-state index in [2.05, 4.69) is 27.5 Å². The van der Waals surface area contributed by atoms with E-state index in [1.165, 1.54) is 0 Å². The highest BCUT2D eigenvalue weighted by Gasteiger charge is 2.35. The number of carbonyl (C=O) groups is 2. The molecule has 2 amide bonds. The van der Waals surface area contributed by atoms with Crippen LogP contribution in [0.5, 0.6) is 5.75 Å². The lowest BCUT2D eigenvalue weighted by Crippen LogP contribution is -2.51. The predicted molar refractivity (Wildman–Crippen MR) is 105 cm³/mol. The van der Waals surface area contributed by atoms with Crippen LogP contribution in [-0.4, -0.2) is 75.3 Å². The highest BCUT2D eigenvalue weighted by Crippen LogP contribution is 2.33. The molecule has 2 aliphatic rings. The van der Waals surface area contributed by atoms with Gasteiger partial charge in [0.15, 0.2) is 0 Å². The summed E-state index contributed by atoms with van der Waals surface area (Å²) in [5, 5.41) is 5.69. The molecule has 0 aliphatic carbocycles. The van der Waals surface area contributed by atoms with Gasteiger partial charge in [0.25, 0.3) is 0 Å². The van der Waals surface area contributed by atoms with Gasteiger partial charge in [-0.15, -0.1) is 0 Å². The highest BCUT2D eigenvalue weighted by molar-refractivity contribution is 5.95. The van der Waals surface area contributed by atoms with E-state index in [9.17, 15) is 9.59 Å². The predicted octanol–water partition coefficient (Wildman–Crippen LogP) is 1.11. The molecule has 8 heteroatoms. The second kappa shape index (κ2) is 9.07. The zero-order chi connectivity index (χ0) is 20.1. The monoisotopic (exact) mass is 388 g/mol. The summed E-state index contributed by atoms with van der Waals surface area (Å²) in [7, 11) is 3.66. The molecule has 1 saturated heterocycles. The van der Waals surface area contributed by atoms with Crippen LogP contribution < -0.4 is 15.4 Å².